The molecule has 0 bridgehead atoms. The van der Waals surface area contributed by atoms with E-state index in [0.717, 1.165) is 29.5 Å². The average molecular weight is 465 g/mol. The predicted octanol–water partition coefficient (Wildman–Crippen LogP) is 5.52. The lowest BCUT2D eigenvalue weighted by Crippen LogP contribution is -2.13. The van der Waals surface area contributed by atoms with E-state index in [1.165, 1.54) is 17.4 Å². The molecule has 4 aromatic rings. The molecule has 0 aliphatic carbocycles. The van der Waals surface area contributed by atoms with Gasteiger partial charge in [0, 0.05) is 21.5 Å². The van der Waals surface area contributed by atoms with Gasteiger partial charge in [0.05, 0.1) is 11.4 Å². The molecule has 6 nitrogen and oxygen atoms in total. The lowest BCUT2D eigenvalue weighted by Gasteiger charge is -2.00. The minimum atomic E-state index is -0.958. The van der Waals surface area contributed by atoms with E-state index in [1.807, 2.05) is 0 Å². The number of thiazole rings is 1. The Kier molecular flexibility index (Phi) is 6.07. The number of hydrogen-bond donors (Lipinski definition) is 1. The summed E-state index contributed by atoms with van der Waals surface area (Å²) in [6.45, 7) is 0. The van der Waals surface area contributed by atoms with E-state index in [4.69, 9.17) is 16.0 Å². The Balaban J connectivity index is 1.34. The minimum Gasteiger partial charge on any atom is -0.411 e. The molecule has 4 rings (SSSR count). The maximum atomic E-state index is 13.4. The molecule has 0 aliphatic heterocycles. The van der Waals surface area contributed by atoms with Crippen molar-refractivity contribution in [2.45, 2.75) is 5.22 Å². The van der Waals surface area contributed by atoms with Gasteiger partial charge in [-0.2, -0.15) is 0 Å². The fraction of sp³-hybridized carbons (Fsp3) is 0.0526. The van der Waals surface area contributed by atoms with Crippen LogP contribution in [0.25, 0.3) is 22.7 Å². The van der Waals surface area contributed by atoms with Crippen molar-refractivity contribution in [2.24, 2.45) is 0 Å². The summed E-state index contributed by atoms with van der Waals surface area (Å²) in [6, 6.07) is 10.4. The van der Waals surface area contributed by atoms with Crippen LogP contribution in [-0.2, 0) is 4.79 Å². The zero-order valence-electron chi connectivity index (χ0n) is 14.9. The molecule has 2 aromatic carbocycles. The van der Waals surface area contributed by atoms with Gasteiger partial charge in [-0.05, 0) is 42.5 Å². The fourth-order valence-electron chi connectivity index (χ4n) is 2.38. The number of anilines is 1. The van der Waals surface area contributed by atoms with Crippen molar-refractivity contribution in [1.82, 2.24) is 15.2 Å². The SMILES string of the molecule is O=C(CSc1nnc(-c2ccc(Cl)cc2)o1)Nc1nc(-c2ccc(F)c(F)c2)cs1. The van der Waals surface area contributed by atoms with Crippen molar-refractivity contribution < 1.29 is 18.0 Å². The number of hydrogen-bond acceptors (Lipinski definition) is 7. The number of nitrogens with zero attached hydrogens (tertiary/aromatic N) is 3. The predicted molar refractivity (Wildman–Crippen MR) is 112 cm³/mol. The monoisotopic (exact) mass is 464 g/mol. The lowest BCUT2D eigenvalue weighted by molar-refractivity contribution is -0.113. The van der Waals surface area contributed by atoms with E-state index in [9.17, 15) is 13.6 Å². The van der Waals surface area contributed by atoms with Crippen LogP contribution in [0.3, 0.4) is 0 Å². The first-order valence-electron chi connectivity index (χ1n) is 8.41. The molecule has 2 heterocycles. The smallest absolute Gasteiger partial charge is 0.277 e. The van der Waals surface area contributed by atoms with Gasteiger partial charge in [-0.1, -0.05) is 23.4 Å². The van der Waals surface area contributed by atoms with Crippen LogP contribution >= 0.6 is 34.7 Å². The average Bonchev–Trinajstić information content (AvgIpc) is 3.39. The summed E-state index contributed by atoms with van der Waals surface area (Å²) < 4.78 is 32.0. The Morgan fingerprint density at radius 2 is 1.87 bits per heavy atom. The number of carbonyl (C=O) groups is 1. The highest BCUT2D eigenvalue weighted by Crippen LogP contribution is 2.27. The molecule has 30 heavy (non-hydrogen) atoms. The van der Waals surface area contributed by atoms with Crippen LogP contribution in [0, 0.1) is 11.6 Å². The van der Waals surface area contributed by atoms with Crippen LogP contribution in [0.2, 0.25) is 5.02 Å². The molecule has 0 unspecified atom stereocenters. The Labute approximate surface area is 182 Å². The third kappa shape index (κ3) is 4.84. The van der Waals surface area contributed by atoms with Gasteiger partial charge in [-0.25, -0.2) is 13.8 Å². The topological polar surface area (TPSA) is 80.9 Å². The molecule has 0 fully saturated rings. The third-order valence-corrected chi connectivity index (χ3v) is 5.62. The molecule has 152 valence electrons. The molecule has 0 saturated carbocycles. The summed E-state index contributed by atoms with van der Waals surface area (Å²) in [6.07, 6.45) is 0. The van der Waals surface area contributed by atoms with E-state index >= 15 is 0 Å². The summed E-state index contributed by atoms with van der Waals surface area (Å²) in [5.41, 5.74) is 1.57. The number of aromatic nitrogens is 3. The largest absolute Gasteiger partial charge is 0.411 e. The first kappa shape index (κ1) is 20.5. The summed E-state index contributed by atoms with van der Waals surface area (Å²) in [7, 11) is 0. The van der Waals surface area contributed by atoms with Crippen molar-refractivity contribution >= 4 is 45.7 Å². The number of halogens is 3. The lowest BCUT2D eigenvalue weighted by atomic mass is 10.2. The highest BCUT2D eigenvalue weighted by atomic mass is 35.5. The number of thioether (sulfide) groups is 1. The van der Waals surface area contributed by atoms with Crippen molar-refractivity contribution in [3.8, 4) is 22.7 Å². The maximum absolute atomic E-state index is 13.4. The molecule has 0 saturated heterocycles. The molecule has 0 spiro atoms. The molecule has 0 radical (unpaired) electrons. The molecule has 0 aliphatic rings. The normalized spacial score (nSPS) is 10.9. The summed E-state index contributed by atoms with van der Waals surface area (Å²) in [5, 5.41) is 13.3. The molecule has 2 aromatic heterocycles. The molecular formula is C19H11ClF2N4O2S2. The van der Waals surface area contributed by atoms with Crippen LogP contribution in [0.4, 0.5) is 13.9 Å². The standard InChI is InChI=1S/C19H11ClF2N4O2S2/c20-12-4-1-10(2-5-12)17-25-26-19(28-17)30-9-16(27)24-18-23-15(8-29-18)11-3-6-13(21)14(22)7-11/h1-8H,9H2,(H,23,24,27). The van der Waals surface area contributed by atoms with E-state index < -0.39 is 11.6 Å². The zero-order chi connectivity index (χ0) is 21.1. The zero-order valence-corrected chi connectivity index (χ0v) is 17.3. The van der Waals surface area contributed by atoms with Crippen LogP contribution in [0.1, 0.15) is 0 Å². The summed E-state index contributed by atoms with van der Waals surface area (Å²) >= 11 is 8.11. The molecule has 0 atom stereocenters. The van der Waals surface area contributed by atoms with E-state index in [0.29, 0.717) is 27.3 Å². The van der Waals surface area contributed by atoms with E-state index in [1.54, 1.807) is 29.6 Å². The highest BCUT2D eigenvalue weighted by molar-refractivity contribution is 7.99. The van der Waals surface area contributed by atoms with Gasteiger partial charge in [-0.3, -0.25) is 4.79 Å². The van der Waals surface area contributed by atoms with Gasteiger partial charge in [-0.15, -0.1) is 21.5 Å². The molecule has 1 N–H and O–H groups in total. The minimum absolute atomic E-state index is 0.0301. The summed E-state index contributed by atoms with van der Waals surface area (Å²) in [4.78, 5) is 16.4. The number of rotatable bonds is 6. The highest BCUT2D eigenvalue weighted by Gasteiger charge is 2.13. The second-order valence-corrected chi connectivity index (χ2v) is 8.10. The van der Waals surface area contributed by atoms with Crippen molar-refractivity contribution in [2.75, 3.05) is 11.1 Å². The molecule has 1 amide bonds. The van der Waals surface area contributed by atoms with Gasteiger partial charge in [0.1, 0.15) is 0 Å². The van der Waals surface area contributed by atoms with E-state index in [-0.39, 0.29) is 16.9 Å². The van der Waals surface area contributed by atoms with E-state index in [2.05, 4.69) is 20.5 Å². The van der Waals surface area contributed by atoms with Gasteiger partial charge >= 0.3 is 0 Å². The van der Waals surface area contributed by atoms with Gasteiger partial charge in [0.15, 0.2) is 16.8 Å². The number of benzene rings is 2. The van der Waals surface area contributed by atoms with Crippen LogP contribution in [0.15, 0.2) is 57.5 Å². The first-order valence-corrected chi connectivity index (χ1v) is 10.7. The van der Waals surface area contributed by atoms with Crippen LogP contribution in [-0.4, -0.2) is 26.8 Å². The van der Waals surface area contributed by atoms with Crippen molar-refractivity contribution in [1.29, 1.82) is 0 Å². The summed E-state index contributed by atoms with van der Waals surface area (Å²) in [5.74, 6) is -1.86. The third-order valence-electron chi connectivity index (χ3n) is 3.79. The number of carbonyl (C=O) groups excluding carboxylic acids is 1. The Bertz CT molecular complexity index is 1200. The van der Waals surface area contributed by atoms with Gasteiger partial charge in [0.25, 0.3) is 5.22 Å². The Hall–Kier alpha value is -2.82. The second kappa shape index (κ2) is 8.90. The molecular weight excluding hydrogens is 454 g/mol. The Morgan fingerprint density at radius 1 is 1.10 bits per heavy atom. The Morgan fingerprint density at radius 3 is 2.63 bits per heavy atom. The van der Waals surface area contributed by atoms with Crippen molar-refractivity contribution in [3.05, 3.63) is 64.5 Å². The van der Waals surface area contributed by atoms with Crippen molar-refractivity contribution in [3.63, 3.8) is 0 Å². The second-order valence-electron chi connectivity index (χ2n) is 5.88. The molecule has 11 heteroatoms. The maximum Gasteiger partial charge on any atom is 0.277 e. The quantitative estimate of drug-likeness (QED) is 0.378. The fourth-order valence-corrected chi connectivity index (χ4v) is 3.80. The van der Waals surface area contributed by atoms with Crippen LogP contribution in [0.5, 0.6) is 0 Å². The number of amides is 1. The van der Waals surface area contributed by atoms with Crippen LogP contribution < -0.4 is 5.32 Å². The van der Waals surface area contributed by atoms with Gasteiger partial charge < -0.3 is 9.73 Å². The van der Waals surface area contributed by atoms with Gasteiger partial charge in [0.2, 0.25) is 11.8 Å². The first-order chi connectivity index (χ1) is 14.5. The number of nitrogens with one attached hydrogen (secondary N) is 1.